The first kappa shape index (κ1) is 25.1. The maximum atomic E-state index is 11.9. The van der Waals surface area contributed by atoms with Gasteiger partial charge in [-0.15, -0.1) is 0 Å². The number of ether oxygens (including phenoxy) is 1. The third-order valence-corrected chi connectivity index (χ3v) is 5.67. The predicted molar refractivity (Wildman–Crippen MR) is 114 cm³/mol. The van der Waals surface area contributed by atoms with Crippen molar-refractivity contribution in [3.8, 4) is 5.75 Å². The number of sulfonamides is 1. The van der Waals surface area contributed by atoms with Gasteiger partial charge in [-0.05, 0) is 49.8 Å². The summed E-state index contributed by atoms with van der Waals surface area (Å²) in [6, 6.07) is 7.73. The number of rotatable bonds is 15. The minimum Gasteiger partial charge on any atom is -0.491 e. The van der Waals surface area contributed by atoms with E-state index >= 15 is 0 Å². The number of hydrogen-bond donors (Lipinski definition) is 2. The molecule has 8 heteroatoms. The highest BCUT2D eigenvalue weighted by atomic mass is 32.2. The van der Waals surface area contributed by atoms with Gasteiger partial charge in [-0.2, -0.15) is 4.31 Å². The van der Waals surface area contributed by atoms with Crippen LogP contribution in [0.4, 0.5) is 0 Å². The van der Waals surface area contributed by atoms with Gasteiger partial charge in [0.1, 0.15) is 12.4 Å². The molecule has 1 rings (SSSR count). The molecule has 0 aliphatic heterocycles. The summed E-state index contributed by atoms with van der Waals surface area (Å²) in [5.41, 5.74) is 1.16. The molecule has 0 amide bonds. The standard InChI is InChI=1S/C21H33NO6S/c1-3-18-10-8-12-20(16-18)28-17-19(23)11-9-15-22(29(2,26)27)14-7-5-4-6-13-21(24)25/h5,7-8,10,12,16,19,23H,3-4,6,9,11,13-15,17H2,1-2H3,(H,24,25)/b7-5-. The van der Waals surface area contributed by atoms with Gasteiger partial charge in [-0.3, -0.25) is 4.79 Å². The zero-order valence-corrected chi connectivity index (χ0v) is 18.1. The second kappa shape index (κ2) is 13.3. The molecule has 0 saturated heterocycles. The lowest BCUT2D eigenvalue weighted by atomic mass is 10.1. The third-order valence-electron chi connectivity index (χ3n) is 4.40. The SMILES string of the molecule is CCc1cccc(OCC(O)CCCN(C/C=C\CCCC(=O)O)S(C)(=O)=O)c1. The molecule has 0 aromatic heterocycles. The summed E-state index contributed by atoms with van der Waals surface area (Å²) in [5.74, 6) is -0.119. The number of nitrogens with zero attached hydrogens (tertiary/aromatic N) is 1. The van der Waals surface area contributed by atoms with Crippen LogP contribution in [-0.2, 0) is 21.2 Å². The normalized spacial score (nSPS) is 13.1. The molecule has 0 bridgehead atoms. The number of aliphatic hydroxyl groups excluding tert-OH is 1. The fourth-order valence-corrected chi connectivity index (χ4v) is 3.53. The minimum atomic E-state index is -3.36. The number of carboxylic acid groups (broad SMARTS) is 1. The largest absolute Gasteiger partial charge is 0.491 e. The fraction of sp³-hybridized carbons (Fsp3) is 0.571. The van der Waals surface area contributed by atoms with Crippen molar-refractivity contribution in [1.82, 2.24) is 4.31 Å². The van der Waals surface area contributed by atoms with Crippen molar-refractivity contribution < 1.29 is 28.2 Å². The topological polar surface area (TPSA) is 104 Å². The maximum absolute atomic E-state index is 11.9. The van der Waals surface area contributed by atoms with Gasteiger partial charge >= 0.3 is 5.97 Å². The van der Waals surface area contributed by atoms with Crippen LogP contribution in [0, 0.1) is 0 Å². The Bertz CT molecular complexity index is 747. The second-order valence-corrected chi connectivity index (χ2v) is 8.97. The molecule has 2 N–H and O–H groups in total. The van der Waals surface area contributed by atoms with Crippen LogP contribution in [0.3, 0.4) is 0 Å². The smallest absolute Gasteiger partial charge is 0.303 e. The highest BCUT2D eigenvalue weighted by molar-refractivity contribution is 7.88. The van der Waals surface area contributed by atoms with Crippen LogP contribution in [0.15, 0.2) is 36.4 Å². The van der Waals surface area contributed by atoms with Gasteiger partial charge in [0.25, 0.3) is 0 Å². The van der Waals surface area contributed by atoms with Crippen LogP contribution in [0.1, 0.15) is 44.6 Å². The summed E-state index contributed by atoms with van der Waals surface area (Å²) in [6.07, 6.45) is 7.10. The van der Waals surface area contributed by atoms with Crippen molar-refractivity contribution in [2.24, 2.45) is 0 Å². The zero-order chi connectivity index (χ0) is 21.7. The first-order chi connectivity index (χ1) is 13.7. The minimum absolute atomic E-state index is 0.100. The number of carboxylic acids is 1. The Morgan fingerprint density at radius 3 is 2.69 bits per heavy atom. The molecule has 0 fully saturated rings. The quantitative estimate of drug-likeness (QED) is 0.329. The van der Waals surface area contributed by atoms with E-state index in [1.165, 1.54) is 4.31 Å². The Balaban J connectivity index is 2.35. The van der Waals surface area contributed by atoms with E-state index in [9.17, 15) is 18.3 Å². The van der Waals surface area contributed by atoms with E-state index in [0.29, 0.717) is 38.0 Å². The number of aliphatic carboxylic acids is 1. The molecular formula is C21H33NO6S. The summed E-state index contributed by atoms with van der Waals surface area (Å²) in [5, 5.41) is 18.7. The summed E-state index contributed by atoms with van der Waals surface area (Å²) < 4.78 is 30.8. The lowest BCUT2D eigenvalue weighted by molar-refractivity contribution is -0.137. The van der Waals surface area contributed by atoms with Gasteiger partial charge in [0.2, 0.25) is 10.0 Å². The molecular weight excluding hydrogens is 394 g/mol. The first-order valence-corrected chi connectivity index (χ1v) is 11.8. The van der Waals surface area contributed by atoms with Crippen LogP contribution in [0.2, 0.25) is 0 Å². The Morgan fingerprint density at radius 2 is 2.03 bits per heavy atom. The molecule has 29 heavy (non-hydrogen) atoms. The molecule has 7 nitrogen and oxygen atoms in total. The number of allylic oxidation sites excluding steroid dienone is 1. The molecule has 0 aliphatic rings. The van der Waals surface area contributed by atoms with Crippen molar-refractivity contribution in [3.63, 3.8) is 0 Å². The highest BCUT2D eigenvalue weighted by Gasteiger charge is 2.15. The average molecular weight is 428 g/mol. The van der Waals surface area contributed by atoms with Crippen molar-refractivity contribution >= 4 is 16.0 Å². The number of unbranched alkanes of at least 4 members (excludes halogenated alkanes) is 1. The molecule has 164 valence electrons. The van der Waals surface area contributed by atoms with Gasteiger partial charge in [0.15, 0.2) is 0 Å². The van der Waals surface area contributed by atoms with Crippen molar-refractivity contribution in [1.29, 1.82) is 0 Å². The van der Waals surface area contributed by atoms with Crippen molar-refractivity contribution in [2.75, 3.05) is 26.0 Å². The summed E-state index contributed by atoms with van der Waals surface area (Å²) in [6.45, 7) is 2.77. The van der Waals surface area contributed by atoms with Crippen LogP contribution in [-0.4, -0.2) is 61.0 Å². The van der Waals surface area contributed by atoms with Gasteiger partial charge < -0.3 is 14.9 Å². The van der Waals surface area contributed by atoms with E-state index in [4.69, 9.17) is 9.84 Å². The Labute approximate surface area is 174 Å². The third kappa shape index (κ3) is 11.6. The fourth-order valence-electron chi connectivity index (χ4n) is 2.71. The van der Waals surface area contributed by atoms with Gasteiger partial charge in [-0.25, -0.2) is 8.42 Å². The molecule has 0 aliphatic carbocycles. The molecule has 0 spiro atoms. The monoisotopic (exact) mass is 427 g/mol. The van der Waals surface area contributed by atoms with Crippen molar-refractivity contribution in [3.05, 3.63) is 42.0 Å². The number of hydrogen-bond acceptors (Lipinski definition) is 5. The molecule has 0 radical (unpaired) electrons. The summed E-state index contributed by atoms with van der Waals surface area (Å²) in [4.78, 5) is 10.5. The average Bonchev–Trinajstić information content (AvgIpc) is 2.66. The van der Waals surface area contributed by atoms with Gasteiger partial charge in [0.05, 0.1) is 12.4 Å². The van der Waals surface area contributed by atoms with E-state index in [1.807, 2.05) is 24.3 Å². The first-order valence-electron chi connectivity index (χ1n) is 9.94. The maximum Gasteiger partial charge on any atom is 0.303 e. The van der Waals surface area contributed by atoms with Crippen LogP contribution >= 0.6 is 0 Å². The molecule has 1 aromatic carbocycles. The van der Waals surface area contributed by atoms with E-state index in [0.717, 1.165) is 18.2 Å². The Kier molecular flexibility index (Phi) is 11.6. The number of aliphatic hydroxyl groups is 1. The van der Waals surface area contributed by atoms with E-state index in [-0.39, 0.29) is 19.6 Å². The van der Waals surface area contributed by atoms with Gasteiger partial charge in [0, 0.05) is 19.5 Å². The van der Waals surface area contributed by atoms with Gasteiger partial charge in [-0.1, -0.05) is 31.2 Å². The zero-order valence-electron chi connectivity index (χ0n) is 17.3. The second-order valence-electron chi connectivity index (χ2n) is 6.99. The van der Waals surface area contributed by atoms with E-state index in [2.05, 4.69) is 6.92 Å². The Hall–Kier alpha value is -1.90. The lowest BCUT2D eigenvalue weighted by Crippen LogP contribution is -2.32. The molecule has 0 saturated carbocycles. The van der Waals surface area contributed by atoms with E-state index < -0.39 is 22.1 Å². The predicted octanol–water partition coefficient (Wildman–Crippen LogP) is 2.84. The summed E-state index contributed by atoms with van der Waals surface area (Å²) in [7, 11) is -3.36. The van der Waals surface area contributed by atoms with E-state index in [1.54, 1.807) is 12.2 Å². The number of carbonyl (C=O) groups is 1. The lowest BCUT2D eigenvalue weighted by Gasteiger charge is -2.19. The Morgan fingerprint density at radius 1 is 1.28 bits per heavy atom. The number of benzene rings is 1. The molecule has 1 aromatic rings. The van der Waals surface area contributed by atoms with Crippen LogP contribution in [0.5, 0.6) is 5.75 Å². The number of aryl methyl sites for hydroxylation is 1. The van der Waals surface area contributed by atoms with Crippen molar-refractivity contribution in [2.45, 2.75) is 51.6 Å². The van der Waals surface area contributed by atoms with Crippen LogP contribution < -0.4 is 4.74 Å². The summed E-state index contributed by atoms with van der Waals surface area (Å²) >= 11 is 0. The molecule has 0 heterocycles. The van der Waals surface area contributed by atoms with Crippen LogP contribution in [0.25, 0.3) is 0 Å². The molecule has 1 atom stereocenters. The highest BCUT2D eigenvalue weighted by Crippen LogP contribution is 2.14. The molecule has 1 unspecified atom stereocenters.